The monoisotopic (exact) mass is 318 g/mol. The quantitative estimate of drug-likeness (QED) is 0.617. The van der Waals surface area contributed by atoms with Crippen LogP contribution in [0.1, 0.15) is 32.8 Å². The van der Waals surface area contributed by atoms with Crippen LogP contribution in [0.25, 0.3) is 0 Å². The molecule has 1 aromatic rings. The van der Waals surface area contributed by atoms with Crippen molar-refractivity contribution in [3.05, 3.63) is 35.6 Å². The molecule has 0 heterocycles. The molecule has 0 aromatic heterocycles. The van der Waals surface area contributed by atoms with E-state index in [1.54, 1.807) is 20.8 Å². The molecule has 118 valence electrons. The molecule has 21 heavy (non-hydrogen) atoms. The third kappa shape index (κ3) is 3.34. The van der Waals surface area contributed by atoms with E-state index in [1.165, 1.54) is 18.2 Å². The average Bonchev–Trinajstić information content (AvgIpc) is 2.40. The number of benzene rings is 1. The Morgan fingerprint density at radius 3 is 2.48 bits per heavy atom. The molecular weight excluding hydrogens is 298 g/mol. The lowest BCUT2D eigenvalue weighted by atomic mass is 9.95. The number of halogens is 1. The molecular formula is C14H20FO5P. The second-order valence-electron chi connectivity index (χ2n) is 4.38. The minimum Gasteiger partial charge on any atom is -0.465 e. The van der Waals surface area contributed by atoms with Crippen LogP contribution in [0.2, 0.25) is 0 Å². The molecule has 2 atom stereocenters. The standard InChI is InChI=1S/C14H20FO5P/c1-4-14(13(16)19-5-2,21(17,18)20-6-3)11-8-7-9-12(15)10-11/h7-10H,4-6H2,1-3H3,(H,17,18). The highest BCUT2D eigenvalue weighted by Gasteiger charge is 2.56. The minimum atomic E-state index is -4.40. The van der Waals surface area contributed by atoms with Crippen molar-refractivity contribution in [1.82, 2.24) is 0 Å². The fourth-order valence-corrected chi connectivity index (χ4v) is 3.96. The molecule has 0 aliphatic rings. The van der Waals surface area contributed by atoms with Crippen molar-refractivity contribution in [3.8, 4) is 0 Å². The highest BCUT2D eigenvalue weighted by Crippen LogP contribution is 2.63. The molecule has 0 fully saturated rings. The number of esters is 1. The second-order valence-corrected chi connectivity index (χ2v) is 6.45. The summed E-state index contributed by atoms with van der Waals surface area (Å²) in [6.45, 7) is 4.68. The Hall–Kier alpha value is -1.23. The first-order chi connectivity index (χ1) is 9.85. The second kappa shape index (κ2) is 7.16. The Labute approximate surface area is 123 Å². The number of hydrogen-bond donors (Lipinski definition) is 1. The first-order valence-corrected chi connectivity index (χ1v) is 8.34. The van der Waals surface area contributed by atoms with Gasteiger partial charge in [-0.25, -0.2) is 4.39 Å². The van der Waals surface area contributed by atoms with E-state index in [0.29, 0.717) is 0 Å². The Morgan fingerprint density at radius 1 is 1.33 bits per heavy atom. The first kappa shape index (κ1) is 17.8. The third-order valence-electron chi connectivity index (χ3n) is 3.21. The van der Waals surface area contributed by atoms with Crippen molar-refractivity contribution >= 4 is 13.6 Å². The molecule has 0 radical (unpaired) electrons. The Kier molecular flexibility index (Phi) is 6.08. The maximum absolute atomic E-state index is 13.5. The first-order valence-electron chi connectivity index (χ1n) is 6.76. The van der Waals surface area contributed by atoms with Gasteiger partial charge in [0.05, 0.1) is 13.2 Å². The van der Waals surface area contributed by atoms with Gasteiger partial charge in [-0.3, -0.25) is 9.36 Å². The predicted octanol–water partition coefficient (Wildman–Crippen LogP) is 3.22. The molecule has 7 heteroatoms. The van der Waals surface area contributed by atoms with Gasteiger partial charge in [0.1, 0.15) is 5.82 Å². The van der Waals surface area contributed by atoms with E-state index in [-0.39, 0.29) is 25.2 Å². The summed E-state index contributed by atoms with van der Waals surface area (Å²) in [5, 5.41) is -1.93. The molecule has 0 amide bonds. The number of carbonyl (C=O) groups excluding carboxylic acids is 1. The lowest BCUT2D eigenvalue weighted by Gasteiger charge is -2.33. The summed E-state index contributed by atoms with van der Waals surface area (Å²) in [5.74, 6) is -1.50. The number of rotatable bonds is 7. The molecule has 5 nitrogen and oxygen atoms in total. The molecule has 0 aliphatic carbocycles. The van der Waals surface area contributed by atoms with Crippen LogP contribution in [0.5, 0.6) is 0 Å². The fourth-order valence-electron chi connectivity index (χ4n) is 2.23. The molecule has 2 unspecified atom stereocenters. The van der Waals surface area contributed by atoms with E-state index in [2.05, 4.69) is 0 Å². The minimum absolute atomic E-state index is 0.0437. The summed E-state index contributed by atoms with van der Waals surface area (Å²) < 4.78 is 36.0. The largest absolute Gasteiger partial charge is 0.465 e. The van der Waals surface area contributed by atoms with Gasteiger partial charge < -0.3 is 14.2 Å². The van der Waals surface area contributed by atoms with Crippen molar-refractivity contribution < 1.29 is 27.9 Å². The van der Waals surface area contributed by atoms with Crippen LogP contribution >= 0.6 is 7.60 Å². The summed E-state index contributed by atoms with van der Waals surface area (Å²) in [4.78, 5) is 22.6. The van der Waals surface area contributed by atoms with Crippen molar-refractivity contribution in [2.24, 2.45) is 0 Å². The van der Waals surface area contributed by atoms with E-state index >= 15 is 0 Å². The Balaban J connectivity index is 3.54. The average molecular weight is 318 g/mol. The highest BCUT2D eigenvalue weighted by molar-refractivity contribution is 7.55. The van der Waals surface area contributed by atoms with Gasteiger partial charge in [0.25, 0.3) is 0 Å². The molecule has 0 saturated carbocycles. The zero-order valence-corrected chi connectivity index (χ0v) is 13.2. The summed E-state index contributed by atoms with van der Waals surface area (Å²) in [6.07, 6.45) is -0.0525. The fraction of sp³-hybridized carbons (Fsp3) is 0.500. The normalized spacial score (nSPS) is 16.8. The van der Waals surface area contributed by atoms with Crippen LogP contribution in [0.4, 0.5) is 4.39 Å². The van der Waals surface area contributed by atoms with Crippen LogP contribution < -0.4 is 0 Å². The molecule has 1 rings (SSSR count). The summed E-state index contributed by atoms with van der Waals surface area (Å²) in [7, 11) is -4.40. The zero-order valence-electron chi connectivity index (χ0n) is 12.3. The van der Waals surface area contributed by atoms with Crippen LogP contribution in [0, 0.1) is 5.82 Å². The van der Waals surface area contributed by atoms with E-state index in [0.717, 1.165) is 6.07 Å². The Bertz CT molecular complexity index is 548. The third-order valence-corrected chi connectivity index (χ3v) is 5.54. The van der Waals surface area contributed by atoms with Crippen molar-refractivity contribution in [3.63, 3.8) is 0 Å². The maximum atomic E-state index is 13.5. The van der Waals surface area contributed by atoms with Gasteiger partial charge in [-0.1, -0.05) is 19.1 Å². The van der Waals surface area contributed by atoms with Crippen LogP contribution in [-0.2, 0) is 23.8 Å². The van der Waals surface area contributed by atoms with Gasteiger partial charge in [-0.2, -0.15) is 0 Å². The van der Waals surface area contributed by atoms with E-state index in [1.807, 2.05) is 0 Å². The van der Waals surface area contributed by atoms with Crippen molar-refractivity contribution in [2.75, 3.05) is 13.2 Å². The van der Waals surface area contributed by atoms with Crippen LogP contribution in [-0.4, -0.2) is 24.1 Å². The van der Waals surface area contributed by atoms with Crippen LogP contribution in [0.15, 0.2) is 24.3 Å². The molecule has 0 saturated heterocycles. The van der Waals surface area contributed by atoms with Gasteiger partial charge in [-0.15, -0.1) is 0 Å². The predicted molar refractivity (Wildman–Crippen MR) is 76.5 cm³/mol. The number of hydrogen-bond acceptors (Lipinski definition) is 4. The molecule has 0 bridgehead atoms. The lowest BCUT2D eigenvalue weighted by Crippen LogP contribution is -2.37. The van der Waals surface area contributed by atoms with E-state index in [9.17, 15) is 18.6 Å². The Morgan fingerprint density at radius 2 is 2.00 bits per heavy atom. The van der Waals surface area contributed by atoms with Crippen molar-refractivity contribution in [2.45, 2.75) is 32.3 Å². The van der Waals surface area contributed by atoms with Gasteiger partial charge in [0, 0.05) is 0 Å². The molecule has 1 aromatic carbocycles. The smallest absolute Gasteiger partial charge is 0.349 e. The molecule has 1 N–H and O–H groups in total. The summed E-state index contributed by atoms with van der Waals surface area (Å²) in [5.41, 5.74) is 0.0720. The van der Waals surface area contributed by atoms with Crippen molar-refractivity contribution in [1.29, 1.82) is 0 Å². The van der Waals surface area contributed by atoms with Gasteiger partial charge in [0.2, 0.25) is 0 Å². The number of ether oxygens (including phenoxy) is 1. The molecule has 0 aliphatic heterocycles. The van der Waals surface area contributed by atoms with E-state index < -0.39 is 24.5 Å². The number of carbonyl (C=O) groups is 1. The van der Waals surface area contributed by atoms with Crippen LogP contribution in [0.3, 0.4) is 0 Å². The molecule has 0 spiro atoms. The maximum Gasteiger partial charge on any atom is 0.349 e. The summed E-state index contributed by atoms with van der Waals surface area (Å²) >= 11 is 0. The highest BCUT2D eigenvalue weighted by atomic mass is 31.2. The van der Waals surface area contributed by atoms with Gasteiger partial charge in [0.15, 0.2) is 5.16 Å². The zero-order chi connectivity index (χ0) is 16.1. The summed E-state index contributed by atoms with van der Waals surface area (Å²) in [6, 6.07) is 5.05. The topological polar surface area (TPSA) is 72.8 Å². The lowest BCUT2D eigenvalue weighted by molar-refractivity contribution is -0.147. The van der Waals surface area contributed by atoms with Gasteiger partial charge in [-0.05, 0) is 38.0 Å². The SMILES string of the molecule is CCOC(=O)C(CC)(c1cccc(F)c1)P(=O)(O)OCC. The van der Waals surface area contributed by atoms with Gasteiger partial charge >= 0.3 is 13.6 Å². The van der Waals surface area contributed by atoms with E-state index in [4.69, 9.17) is 9.26 Å².